The first kappa shape index (κ1) is 23.0. The number of halogens is 1. The van der Waals surface area contributed by atoms with E-state index in [2.05, 4.69) is 29.2 Å². The molecule has 0 radical (unpaired) electrons. The summed E-state index contributed by atoms with van der Waals surface area (Å²) in [6.07, 6.45) is -0.548. The van der Waals surface area contributed by atoms with Crippen molar-refractivity contribution in [1.82, 2.24) is 9.88 Å². The molecule has 0 unspecified atom stereocenters. The molecule has 1 aromatic heterocycles. The normalized spacial score (nSPS) is 11.1. The van der Waals surface area contributed by atoms with E-state index in [1.54, 1.807) is 23.5 Å². The maximum Gasteiger partial charge on any atom is 0.417 e. The van der Waals surface area contributed by atoms with Crippen LogP contribution in [-0.4, -0.2) is 50.2 Å². The minimum absolute atomic E-state index is 0.451. The molecule has 6 nitrogen and oxygen atoms in total. The molecule has 33 heavy (non-hydrogen) atoms. The molecule has 0 bridgehead atoms. The SMILES string of the molecule is CN(C)CCN(C)c1nc2ccc(NC(=O)Oc3ccc(-c4ccccc4Cl)cc3)cc2s1. The second-order valence-corrected chi connectivity index (χ2v) is 9.34. The van der Waals surface area contributed by atoms with Crippen LogP contribution in [-0.2, 0) is 0 Å². The van der Waals surface area contributed by atoms with Crippen LogP contribution in [0.4, 0.5) is 15.6 Å². The zero-order valence-corrected chi connectivity index (χ0v) is 20.3. The fraction of sp³-hybridized carbons (Fsp3) is 0.200. The molecule has 1 N–H and O–H groups in total. The second kappa shape index (κ2) is 10.2. The number of anilines is 2. The molecule has 0 saturated carbocycles. The van der Waals surface area contributed by atoms with E-state index in [-0.39, 0.29) is 0 Å². The zero-order chi connectivity index (χ0) is 23.4. The van der Waals surface area contributed by atoms with Crippen molar-refractivity contribution < 1.29 is 9.53 Å². The number of carbonyl (C=O) groups excluding carboxylic acids is 1. The topological polar surface area (TPSA) is 57.7 Å². The van der Waals surface area contributed by atoms with E-state index in [9.17, 15) is 4.79 Å². The lowest BCUT2D eigenvalue weighted by molar-refractivity contribution is 0.215. The quantitative estimate of drug-likeness (QED) is 0.340. The Bertz CT molecular complexity index is 1260. The van der Waals surface area contributed by atoms with Crippen LogP contribution in [0.1, 0.15) is 0 Å². The van der Waals surface area contributed by atoms with Crippen molar-refractivity contribution in [2.75, 3.05) is 44.4 Å². The molecule has 0 aliphatic heterocycles. The van der Waals surface area contributed by atoms with Crippen LogP contribution < -0.4 is 15.0 Å². The molecule has 8 heteroatoms. The number of benzene rings is 3. The van der Waals surface area contributed by atoms with Crippen LogP contribution in [0.15, 0.2) is 66.7 Å². The van der Waals surface area contributed by atoms with Crippen molar-refractivity contribution in [2.24, 2.45) is 0 Å². The molecule has 1 heterocycles. The van der Waals surface area contributed by atoms with Gasteiger partial charge < -0.3 is 14.5 Å². The Labute approximate surface area is 202 Å². The number of rotatable bonds is 7. The highest BCUT2D eigenvalue weighted by Gasteiger charge is 2.11. The van der Waals surface area contributed by atoms with Gasteiger partial charge in [0.1, 0.15) is 5.75 Å². The largest absolute Gasteiger partial charge is 0.417 e. The fourth-order valence-corrected chi connectivity index (χ4v) is 4.48. The Kier molecular flexibility index (Phi) is 7.13. The Balaban J connectivity index is 1.40. The van der Waals surface area contributed by atoms with Gasteiger partial charge in [0.25, 0.3) is 0 Å². The van der Waals surface area contributed by atoms with Gasteiger partial charge in [0, 0.05) is 36.4 Å². The average molecular weight is 481 g/mol. The fourth-order valence-electron chi connectivity index (χ4n) is 3.25. The van der Waals surface area contributed by atoms with E-state index in [1.165, 1.54) is 0 Å². The van der Waals surface area contributed by atoms with Crippen molar-refractivity contribution in [1.29, 1.82) is 0 Å². The molecule has 0 aliphatic rings. The number of hydrogen-bond donors (Lipinski definition) is 1. The van der Waals surface area contributed by atoms with Crippen molar-refractivity contribution in [3.63, 3.8) is 0 Å². The minimum Gasteiger partial charge on any atom is -0.410 e. The molecule has 4 aromatic rings. The Morgan fingerprint density at radius 3 is 2.52 bits per heavy atom. The number of fused-ring (bicyclic) bond motifs is 1. The monoisotopic (exact) mass is 480 g/mol. The summed E-state index contributed by atoms with van der Waals surface area (Å²) in [5.74, 6) is 0.451. The van der Waals surface area contributed by atoms with E-state index >= 15 is 0 Å². The lowest BCUT2D eigenvalue weighted by atomic mass is 10.1. The van der Waals surface area contributed by atoms with Crippen LogP contribution in [0.2, 0.25) is 5.02 Å². The molecule has 0 fully saturated rings. The number of aromatic nitrogens is 1. The van der Waals surface area contributed by atoms with Crippen molar-refractivity contribution >= 4 is 50.1 Å². The smallest absolute Gasteiger partial charge is 0.410 e. The summed E-state index contributed by atoms with van der Waals surface area (Å²) < 4.78 is 6.44. The van der Waals surface area contributed by atoms with Gasteiger partial charge in [-0.3, -0.25) is 5.32 Å². The van der Waals surface area contributed by atoms with E-state index in [1.807, 2.05) is 61.6 Å². The highest BCUT2D eigenvalue weighted by molar-refractivity contribution is 7.22. The van der Waals surface area contributed by atoms with Crippen molar-refractivity contribution in [2.45, 2.75) is 0 Å². The van der Waals surface area contributed by atoms with Gasteiger partial charge in [-0.2, -0.15) is 0 Å². The number of nitrogens with zero attached hydrogens (tertiary/aromatic N) is 3. The van der Waals surface area contributed by atoms with Crippen LogP contribution in [0, 0.1) is 0 Å². The first-order chi connectivity index (χ1) is 15.9. The van der Waals surface area contributed by atoms with Crippen LogP contribution >= 0.6 is 22.9 Å². The lowest BCUT2D eigenvalue weighted by Gasteiger charge is -2.18. The van der Waals surface area contributed by atoms with Gasteiger partial charge in [0.05, 0.1) is 10.2 Å². The third kappa shape index (κ3) is 5.82. The molecule has 0 aliphatic carbocycles. The van der Waals surface area contributed by atoms with Gasteiger partial charge in [-0.1, -0.05) is 53.3 Å². The van der Waals surface area contributed by atoms with Crippen LogP contribution in [0.3, 0.4) is 0 Å². The molecular formula is C25H25ClN4O2S. The van der Waals surface area contributed by atoms with E-state index in [4.69, 9.17) is 21.3 Å². The Hall–Kier alpha value is -3.13. The van der Waals surface area contributed by atoms with E-state index in [0.717, 1.165) is 39.6 Å². The number of likely N-dealkylation sites (N-methyl/N-ethyl adjacent to an activating group) is 2. The van der Waals surface area contributed by atoms with Gasteiger partial charge >= 0.3 is 6.09 Å². The van der Waals surface area contributed by atoms with Gasteiger partial charge in [0.15, 0.2) is 5.13 Å². The standard InChI is InChI=1S/C25H25ClN4O2S/c1-29(2)14-15-30(3)24-28-22-13-10-18(16-23(22)33-24)27-25(31)32-19-11-8-17(9-12-19)20-6-4-5-7-21(20)26/h4-13,16H,14-15H2,1-3H3,(H,27,31). The van der Waals surface area contributed by atoms with Gasteiger partial charge in [-0.15, -0.1) is 0 Å². The third-order valence-corrected chi connectivity index (χ3v) is 6.54. The maximum absolute atomic E-state index is 12.4. The highest BCUT2D eigenvalue weighted by Crippen LogP contribution is 2.31. The van der Waals surface area contributed by atoms with Gasteiger partial charge in [-0.05, 0) is 56.1 Å². The molecule has 170 valence electrons. The molecule has 0 spiro atoms. The minimum atomic E-state index is -0.548. The second-order valence-electron chi connectivity index (χ2n) is 7.92. The predicted octanol–water partition coefficient (Wildman–Crippen LogP) is 6.23. The van der Waals surface area contributed by atoms with E-state index in [0.29, 0.717) is 16.5 Å². The first-order valence-electron chi connectivity index (χ1n) is 10.5. The molecule has 3 aromatic carbocycles. The Morgan fingerprint density at radius 1 is 1.03 bits per heavy atom. The summed E-state index contributed by atoms with van der Waals surface area (Å²) in [5.41, 5.74) is 3.45. The Morgan fingerprint density at radius 2 is 1.79 bits per heavy atom. The molecule has 0 saturated heterocycles. The number of thiazole rings is 1. The highest BCUT2D eigenvalue weighted by atomic mass is 35.5. The predicted molar refractivity (Wildman–Crippen MR) is 138 cm³/mol. The molecular weight excluding hydrogens is 456 g/mol. The summed E-state index contributed by atoms with van der Waals surface area (Å²) >= 11 is 7.85. The van der Waals surface area contributed by atoms with Gasteiger partial charge in [0.2, 0.25) is 0 Å². The summed E-state index contributed by atoms with van der Waals surface area (Å²) in [6.45, 7) is 1.84. The lowest BCUT2D eigenvalue weighted by Crippen LogP contribution is -2.28. The number of hydrogen-bond acceptors (Lipinski definition) is 6. The van der Waals surface area contributed by atoms with Gasteiger partial charge in [-0.25, -0.2) is 9.78 Å². The average Bonchev–Trinajstić information content (AvgIpc) is 3.22. The number of carbonyl (C=O) groups is 1. The van der Waals surface area contributed by atoms with Crippen molar-refractivity contribution in [3.8, 4) is 16.9 Å². The van der Waals surface area contributed by atoms with Crippen molar-refractivity contribution in [3.05, 3.63) is 71.8 Å². The summed E-state index contributed by atoms with van der Waals surface area (Å²) in [5, 5.41) is 4.42. The maximum atomic E-state index is 12.4. The van der Waals surface area contributed by atoms with E-state index < -0.39 is 6.09 Å². The summed E-state index contributed by atoms with van der Waals surface area (Å²) in [7, 11) is 6.14. The number of amides is 1. The summed E-state index contributed by atoms with van der Waals surface area (Å²) in [4.78, 5) is 21.4. The number of ether oxygens (including phenoxy) is 1. The molecule has 1 amide bonds. The third-order valence-electron chi connectivity index (χ3n) is 5.08. The zero-order valence-electron chi connectivity index (χ0n) is 18.7. The summed E-state index contributed by atoms with van der Waals surface area (Å²) in [6, 6.07) is 20.5. The molecule has 0 atom stereocenters. The van der Waals surface area contributed by atoms with Crippen LogP contribution in [0.5, 0.6) is 5.75 Å². The number of nitrogens with one attached hydrogen (secondary N) is 1. The molecule has 4 rings (SSSR count). The first-order valence-corrected chi connectivity index (χ1v) is 11.7. The van der Waals surface area contributed by atoms with Crippen LogP contribution in [0.25, 0.3) is 21.3 Å².